The highest BCUT2D eigenvalue weighted by molar-refractivity contribution is 6.17. The Morgan fingerprint density at radius 3 is 1.80 bits per heavy atom. The van der Waals surface area contributed by atoms with Gasteiger partial charge in [0, 0.05) is 0 Å². The van der Waals surface area contributed by atoms with Crippen LogP contribution in [0.3, 0.4) is 0 Å². The van der Waals surface area contributed by atoms with Gasteiger partial charge in [0.05, 0.1) is 0 Å². The zero-order chi connectivity index (χ0) is 4.28. The average molecular weight is 73.8 g/mol. The summed E-state index contributed by atoms with van der Waals surface area (Å²) in [6.07, 6.45) is -1.84. The fraction of sp³-hybridized carbons (Fsp3) is 0. The van der Waals surface area contributed by atoms with E-state index in [0.29, 0.717) is 0 Å². The van der Waals surface area contributed by atoms with Crippen molar-refractivity contribution in [1.29, 1.82) is 0 Å². The van der Waals surface area contributed by atoms with Crippen LogP contribution < -0.4 is 0 Å². The fourth-order valence-corrected chi connectivity index (χ4v) is 0. The van der Waals surface area contributed by atoms with Gasteiger partial charge in [0.1, 0.15) is 7.85 Å². The van der Waals surface area contributed by atoms with Crippen LogP contribution in [0, 0.1) is 0 Å². The Hall–Kier alpha value is -0.335. The molecule has 0 aromatic rings. The summed E-state index contributed by atoms with van der Waals surface area (Å²) in [5.74, 6) is 0.250. The van der Waals surface area contributed by atoms with Gasteiger partial charge in [0.25, 0.3) is 6.08 Å². The molecule has 0 aromatic carbocycles. The lowest BCUT2D eigenvalue weighted by molar-refractivity contribution is 0.424. The Balaban J connectivity index is 3.14. The van der Waals surface area contributed by atoms with E-state index in [1.165, 1.54) is 0 Å². The zero-order valence-electron chi connectivity index (χ0n) is 2.41. The minimum atomic E-state index is -1.84. The molecule has 0 aromatic heterocycles. The van der Waals surface area contributed by atoms with Gasteiger partial charge >= 0.3 is 0 Å². The first-order chi connectivity index (χ1) is 2.27. The second kappa shape index (κ2) is 1.94. The third kappa shape index (κ3) is 3.66. The summed E-state index contributed by atoms with van der Waals surface area (Å²) < 4.78 is 21.0. The largest absolute Gasteiger partial charge is 0.256 e. The molecule has 0 amide bonds. The lowest BCUT2D eigenvalue weighted by Crippen LogP contribution is -1.51. The molecule has 0 spiro atoms. The van der Waals surface area contributed by atoms with Gasteiger partial charge in [-0.3, -0.25) is 0 Å². The number of rotatable bonds is 0. The van der Waals surface area contributed by atoms with Crippen LogP contribution in [0.4, 0.5) is 8.78 Å². The van der Waals surface area contributed by atoms with Crippen LogP contribution in [0.1, 0.15) is 0 Å². The van der Waals surface area contributed by atoms with Crippen molar-refractivity contribution in [3.63, 3.8) is 0 Å². The Labute approximate surface area is 29.9 Å². The van der Waals surface area contributed by atoms with Gasteiger partial charge in [-0.05, 0) is 0 Å². The van der Waals surface area contributed by atoms with Crippen LogP contribution in [-0.4, -0.2) is 7.85 Å². The first kappa shape index (κ1) is 4.66. The molecule has 0 nitrogen and oxygen atoms in total. The molecule has 26 valence electrons. The van der Waals surface area contributed by atoms with E-state index in [0.717, 1.165) is 0 Å². The van der Waals surface area contributed by atoms with Crippen molar-refractivity contribution in [3.8, 4) is 0 Å². The molecular weight excluding hydrogens is 72.8 g/mol. The van der Waals surface area contributed by atoms with Crippen LogP contribution in [0.5, 0.6) is 0 Å². The summed E-state index contributed by atoms with van der Waals surface area (Å²) in [4.78, 5) is 0. The standard InChI is InChI=1S/C2HBF2/c3-1-2(4)5/h1H. The van der Waals surface area contributed by atoms with Crippen molar-refractivity contribution >= 4 is 7.85 Å². The van der Waals surface area contributed by atoms with E-state index in [2.05, 4.69) is 7.85 Å². The van der Waals surface area contributed by atoms with Crippen LogP contribution >= 0.6 is 0 Å². The normalized spacial score (nSPS) is 6.80. The third-order valence-corrected chi connectivity index (χ3v) is 0.126. The first-order valence-electron chi connectivity index (χ1n) is 1.000. The van der Waals surface area contributed by atoms with Crippen molar-refractivity contribution in [3.05, 3.63) is 12.1 Å². The molecule has 0 fully saturated rings. The topological polar surface area (TPSA) is 0 Å². The number of halogens is 2. The molecule has 0 atom stereocenters. The van der Waals surface area contributed by atoms with Crippen molar-refractivity contribution in [2.75, 3.05) is 0 Å². The van der Waals surface area contributed by atoms with Crippen molar-refractivity contribution < 1.29 is 8.78 Å². The molecule has 0 heterocycles. The molecule has 0 aliphatic heterocycles. The predicted molar refractivity (Wildman–Crippen MR) is 16.1 cm³/mol. The van der Waals surface area contributed by atoms with Gasteiger partial charge in [-0.2, -0.15) is 8.78 Å². The van der Waals surface area contributed by atoms with Crippen molar-refractivity contribution in [1.82, 2.24) is 0 Å². The van der Waals surface area contributed by atoms with Crippen LogP contribution in [0.2, 0.25) is 0 Å². The van der Waals surface area contributed by atoms with E-state index in [-0.39, 0.29) is 5.98 Å². The molecule has 5 heavy (non-hydrogen) atoms. The van der Waals surface area contributed by atoms with Crippen molar-refractivity contribution in [2.24, 2.45) is 0 Å². The van der Waals surface area contributed by atoms with E-state index >= 15 is 0 Å². The number of hydrogen-bond donors (Lipinski definition) is 0. The Kier molecular flexibility index (Phi) is 1.81. The maximum atomic E-state index is 10.5. The van der Waals surface area contributed by atoms with E-state index < -0.39 is 6.08 Å². The number of hydrogen-bond acceptors (Lipinski definition) is 0. The smallest absolute Gasteiger partial charge is 0.175 e. The zero-order valence-corrected chi connectivity index (χ0v) is 2.41. The lowest BCUT2D eigenvalue weighted by Gasteiger charge is -1.63. The Morgan fingerprint density at radius 1 is 1.60 bits per heavy atom. The van der Waals surface area contributed by atoms with E-state index in [1.807, 2.05) is 0 Å². The van der Waals surface area contributed by atoms with Gasteiger partial charge in [0.15, 0.2) is 0 Å². The van der Waals surface area contributed by atoms with Crippen LogP contribution in [0.15, 0.2) is 12.1 Å². The Morgan fingerprint density at radius 2 is 1.80 bits per heavy atom. The summed E-state index contributed by atoms with van der Waals surface area (Å²) in [5, 5.41) is 0. The monoisotopic (exact) mass is 74.0 g/mol. The highest BCUT2D eigenvalue weighted by Crippen LogP contribution is 1.90. The molecular formula is C2HBF2. The summed E-state index contributed by atoms with van der Waals surface area (Å²) in [6, 6.07) is 0. The summed E-state index contributed by atoms with van der Waals surface area (Å²) >= 11 is 0. The van der Waals surface area contributed by atoms with Gasteiger partial charge in [-0.25, -0.2) is 0 Å². The molecule has 0 saturated heterocycles. The van der Waals surface area contributed by atoms with Gasteiger partial charge < -0.3 is 0 Å². The molecule has 0 unspecified atom stereocenters. The maximum absolute atomic E-state index is 10.5. The molecule has 0 aliphatic carbocycles. The molecule has 0 bridgehead atoms. The second-order valence-corrected chi connectivity index (χ2v) is 0.456. The summed E-state index contributed by atoms with van der Waals surface area (Å²) in [6.45, 7) is 0. The maximum Gasteiger partial charge on any atom is 0.256 e. The molecule has 0 rings (SSSR count). The van der Waals surface area contributed by atoms with Crippen LogP contribution in [-0.2, 0) is 0 Å². The summed E-state index contributed by atoms with van der Waals surface area (Å²) in [7, 11) is 4.26. The van der Waals surface area contributed by atoms with E-state index in [1.54, 1.807) is 0 Å². The fourth-order valence-electron chi connectivity index (χ4n) is 0. The highest BCUT2D eigenvalue weighted by Gasteiger charge is 1.73. The minimum absolute atomic E-state index is 0.250. The summed E-state index contributed by atoms with van der Waals surface area (Å²) in [5.41, 5.74) is 0. The quantitative estimate of drug-likeness (QED) is 0.374. The van der Waals surface area contributed by atoms with Crippen LogP contribution in [0.25, 0.3) is 0 Å². The molecule has 0 N–H and O–H groups in total. The SMILES string of the molecule is [B]C=C(F)F. The van der Waals surface area contributed by atoms with Crippen molar-refractivity contribution in [2.45, 2.75) is 0 Å². The lowest BCUT2D eigenvalue weighted by atomic mass is 10.2. The third-order valence-electron chi connectivity index (χ3n) is 0.126. The second-order valence-electron chi connectivity index (χ2n) is 0.456. The molecule has 0 saturated carbocycles. The molecule has 2 radical (unpaired) electrons. The van der Waals surface area contributed by atoms with Gasteiger partial charge in [-0.15, -0.1) is 0 Å². The average Bonchev–Trinajstić information content (AvgIpc) is 1.38. The predicted octanol–water partition coefficient (Wildman–Crippen LogP) is 0.893. The Bertz CT molecular complexity index is 45.6. The molecule has 3 heteroatoms. The van der Waals surface area contributed by atoms with Gasteiger partial charge in [-0.1, -0.05) is 5.98 Å². The van der Waals surface area contributed by atoms with Gasteiger partial charge in [0.2, 0.25) is 0 Å². The highest BCUT2D eigenvalue weighted by atomic mass is 19.3. The van der Waals surface area contributed by atoms with E-state index in [4.69, 9.17) is 0 Å². The minimum Gasteiger partial charge on any atom is -0.175 e. The molecule has 0 aliphatic rings. The van der Waals surface area contributed by atoms with E-state index in [9.17, 15) is 8.78 Å². The first-order valence-corrected chi connectivity index (χ1v) is 1.000.